The number of aromatic hydroxyl groups is 1. The van der Waals surface area contributed by atoms with Gasteiger partial charge in [0.1, 0.15) is 23.9 Å². The first-order valence-corrected chi connectivity index (χ1v) is 13.1. The maximum Gasteiger partial charge on any atom is 0.326 e. The number of carbonyl (C=O) groups is 7. The lowest BCUT2D eigenvalue weighted by molar-refractivity contribution is -0.143. The SMILES string of the molecule is CC(C)[C@H](NC(=O)[C@H](Cc1ccc(O)cc1)NC(=O)CNC(=O)[C@H](CCC(N)=O)NC(=O)[C@@H](N)CCC(N)=O)C(=O)O. The zero-order valence-corrected chi connectivity index (χ0v) is 23.4. The second kappa shape index (κ2) is 17.2. The van der Waals surface area contributed by atoms with Gasteiger partial charge in [-0.25, -0.2) is 4.79 Å². The largest absolute Gasteiger partial charge is 0.508 e. The lowest BCUT2D eigenvalue weighted by Crippen LogP contribution is -2.56. The number of primary amides is 2. The minimum absolute atomic E-state index is 0.0240. The maximum atomic E-state index is 13.0. The quantitative estimate of drug-likeness (QED) is 0.0836. The molecule has 1 rings (SSSR count). The van der Waals surface area contributed by atoms with Crippen molar-refractivity contribution in [1.82, 2.24) is 21.3 Å². The summed E-state index contributed by atoms with van der Waals surface area (Å²) in [6, 6.07) is 0.803. The molecule has 0 unspecified atom stereocenters. The molecule has 0 saturated carbocycles. The number of phenols is 1. The topological polar surface area (TPSA) is 286 Å². The fourth-order valence-electron chi connectivity index (χ4n) is 3.64. The predicted molar refractivity (Wildman–Crippen MR) is 148 cm³/mol. The third-order valence-electron chi connectivity index (χ3n) is 6.03. The Morgan fingerprint density at radius 1 is 0.786 bits per heavy atom. The third-order valence-corrected chi connectivity index (χ3v) is 6.03. The van der Waals surface area contributed by atoms with Crippen LogP contribution in [0.5, 0.6) is 5.75 Å². The van der Waals surface area contributed by atoms with Crippen molar-refractivity contribution in [2.75, 3.05) is 6.54 Å². The van der Waals surface area contributed by atoms with Gasteiger partial charge in [0.05, 0.1) is 12.6 Å². The Labute approximate surface area is 242 Å². The number of amides is 6. The summed E-state index contributed by atoms with van der Waals surface area (Å²) in [5, 5.41) is 28.5. The van der Waals surface area contributed by atoms with Crippen molar-refractivity contribution in [3.8, 4) is 5.75 Å². The smallest absolute Gasteiger partial charge is 0.326 e. The van der Waals surface area contributed by atoms with Crippen LogP contribution in [-0.2, 0) is 40.0 Å². The van der Waals surface area contributed by atoms with E-state index in [4.69, 9.17) is 17.2 Å². The normalized spacial score (nSPS) is 13.6. The van der Waals surface area contributed by atoms with Gasteiger partial charge in [0, 0.05) is 19.3 Å². The summed E-state index contributed by atoms with van der Waals surface area (Å²) in [6.07, 6.45) is -0.823. The van der Waals surface area contributed by atoms with Crippen molar-refractivity contribution in [1.29, 1.82) is 0 Å². The van der Waals surface area contributed by atoms with Gasteiger partial charge >= 0.3 is 5.97 Å². The van der Waals surface area contributed by atoms with E-state index in [1.54, 1.807) is 13.8 Å². The van der Waals surface area contributed by atoms with E-state index in [-0.39, 0.29) is 37.9 Å². The minimum atomic E-state index is -1.31. The van der Waals surface area contributed by atoms with Gasteiger partial charge in [-0.15, -0.1) is 0 Å². The highest BCUT2D eigenvalue weighted by Crippen LogP contribution is 2.12. The molecule has 0 bridgehead atoms. The molecule has 16 heteroatoms. The van der Waals surface area contributed by atoms with Crippen molar-refractivity contribution in [3.63, 3.8) is 0 Å². The summed E-state index contributed by atoms with van der Waals surface area (Å²) >= 11 is 0. The van der Waals surface area contributed by atoms with Crippen LogP contribution in [0.2, 0.25) is 0 Å². The van der Waals surface area contributed by atoms with E-state index >= 15 is 0 Å². The Kier molecular flexibility index (Phi) is 14.4. The van der Waals surface area contributed by atoms with Crippen LogP contribution >= 0.6 is 0 Å². The number of hydrogen-bond acceptors (Lipinski definition) is 9. The van der Waals surface area contributed by atoms with Crippen LogP contribution in [0.1, 0.15) is 45.1 Å². The zero-order chi connectivity index (χ0) is 32.0. The van der Waals surface area contributed by atoms with E-state index in [9.17, 15) is 43.8 Å². The number of nitrogens with two attached hydrogens (primary N) is 3. The van der Waals surface area contributed by atoms with Crippen molar-refractivity contribution in [2.24, 2.45) is 23.1 Å². The standard InChI is InChI=1S/C26H39N7O9/c1-13(2)22(26(41)42)33-25(40)18(11-14-3-5-15(34)6-4-14)31-21(37)12-30-24(39)17(8-10-20(29)36)32-23(38)16(27)7-9-19(28)35/h3-6,13,16-18,22,34H,7-12,27H2,1-2H3,(H2,28,35)(H2,29,36)(H,30,39)(H,31,37)(H,32,38)(H,33,40)(H,41,42)/t16-,17-,18-,22-/m0/s1. The zero-order valence-electron chi connectivity index (χ0n) is 23.4. The summed E-state index contributed by atoms with van der Waals surface area (Å²) in [5.41, 5.74) is 16.5. The second-order valence-corrected chi connectivity index (χ2v) is 9.95. The summed E-state index contributed by atoms with van der Waals surface area (Å²) in [5.74, 6) is -6.44. The van der Waals surface area contributed by atoms with Crippen molar-refractivity contribution < 1.29 is 43.8 Å². The van der Waals surface area contributed by atoms with Gasteiger partial charge in [0.2, 0.25) is 35.4 Å². The van der Waals surface area contributed by atoms with Crippen LogP contribution in [0.3, 0.4) is 0 Å². The Bertz CT molecular complexity index is 1140. The lowest BCUT2D eigenvalue weighted by atomic mass is 10.0. The Morgan fingerprint density at radius 3 is 1.88 bits per heavy atom. The van der Waals surface area contributed by atoms with E-state index in [0.29, 0.717) is 5.56 Å². The average molecular weight is 594 g/mol. The molecule has 0 heterocycles. The Balaban J connectivity index is 2.95. The van der Waals surface area contributed by atoms with E-state index in [2.05, 4.69) is 21.3 Å². The van der Waals surface area contributed by atoms with Gasteiger partial charge < -0.3 is 48.7 Å². The highest BCUT2D eigenvalue weighted by atomic mass is 16.4. The van der Waals surface area contributed by atoms with Gasteiger partial charge in [-0.3, -0.25) is 28.8 Å². The van der Waals surface area contributed by atoms with E-state index in [0.717, 1.165) is 0 Å². The first-order chi connectivity index (χ1) is 19.6. The number of benzene rings is 1. The van der Waals surface area contributed by atoms with Gasteiger partial charge in [0.15, 0.2) is 0 Å². The monoisotopic (exact) mass is 593 g/mol. The van der Waals surface area contributed by atoms with Gasteiger partial charge in [-0.2, -0.15) is 0 Å². The number of hydrogen-bond donors (Lipinski definition) is 9. The number of nitrogens with one attached hydrogen (secondary N) is 4. The number of carbonyl (C=O) groups excluding carboxylic acids is 6. The molecule has 0 aliphatic rings. The summed E-state index contributed by atoms with van der Waals surface area (Å²) < 4.78 is 0. The molecule has 4 atom stereocenters. The molecule has 1 aromatic carbocycles. The average Bonchev–Trinajstić information content (AvgIpc) is 2.91. The number of carboxylic acids is 1. The van der Waals surface area contributed by atoms with E-state index in [1.165, 1.54) is 24.3 Å². The molecule has 0 radical (unpaired) electrons. The number of carboxylic acid groups (broad SMARTS) is 1. The predicted octanol–water partition coefficient (Wildman–Crippen LogP) is -2.90. The number of rotatable bonds is 18. The van der Waals surface area contributed by atoms with Crippen molar-refractivity contribution in [3.05, 3.63) is 29.8 Å². The minimum Gasteiger partial charge on any atom is -0.508 e. The first-order valence-electron chi connectivity index (χ1n) is 13.1. The molecule has 0 saturated heterocycles. The molecular weight excluding hydrogens is 554 g/mol. The van der Waals surface area contributed by atoms with Crippen LogP contribution in [0.15, 0.2) is 24.3 Å². The van der Waals surface area contributed by atoms with Crippen LogP contribution in [0, 0.1) is 5.92 Å². The Morgan fingerprint density at radius 2 is 1.36 bits per heavy atom. The molecule has 12 N–H and O–H groups in total. The number of aliphatic carboxylic acids is 1. The summed E-state index contributed by atoms with van der Waals surface area (Å²) in [6.45, 7) is 2.54. The lowest BCUT2D eigenvalue weighted by Gasteiger charge is -2.24. The molecule has 0 fully saturated rings. The van der Waals surface area contributed by atoms with Crippen LogP contribution < -0.4 is 38.5 Å². The molecule has 16 nitrogen and oxygen atoms in total. The molecule has 6 amide bonds. The summed E-state index contributed by atoms with van der Waals surface area (Å²) in [4.78, 5) is 84.7. The number of phenolic OH excluding ortho intramolecular Hbond substituents is 1. The molecule has 42 heavy (non-hydrogen) atoms. The highest BCUT2D eigenvalue weighted by Gasteiger charge is 2.29. The third kappa shape index (κ3) is 13.1. The first kappa shape index (κ1) is 35.3. The van der Waals surface area contributed by atoms with Crippen molar-refractivity contribution in [2.45, 2.75) is 70.1 Å². The van der Waals surface area contributed by atoms with Crippen LogP contribution in [0.25, 0.3) is 0 Å². The van der Waals surface area contributed by atoms with Gasteiger partial charge in [0.25, 0.3) is 0 Å². The molecule has 1 aromatic rings. The highest BCUT2D eigenvalue weighted by molar-refractivity contribution is 5.94. The van der Waals surface area contributed by atoms with Crippen LogP contribution in [-0.4, -0.2) is 82.3 Å². The van der Waals surface area contributed by atoms with Crippen LogP contribution in [0.4, 0.5) is 0 Å². The fraction of sp³-hybridized carbons (Fsp3) is 0.500. The molecule has 0 aromatic heterocycles. The summed E-state index contributed by atoms with van der Waals surface area (Å²) in [7, 11) is 0. The maximum absolute atomic E-state index is 13.0. The molecule has 232 valence electrons. The van der Waals surface area contributed by atoms with Crippen molar-refractivity contribution >= 4 is 41.4 Å². The fourth-order valence-corrected chi connectivity index (χ4v) is 3.64. The molecular formula is C26H39N7O9. The van der Waals surface area contributed by atoms with E-state index < -0.39 is 78.0 Å². The molecule has 0 spiro atoms. The molecule has 0 aliphatic heterocycles. The van der Waals surface area contributed by atoms with Gasteiger partial charge in [-0.05, 0) is 36.5 Å². The second-order valence-electron chi connectivity index (χ2n) is 9.95. The Hall–Kier alpha value is -4.73. The van der Waals surface area contributed by atoms with Gasteiger partial charge in [-0.1, -0.05) is 26.0 Å². The van der Waals surface area contributed by atoms with E-state index in [1.807, 2.05) is 0 Å². The molecule has 0 aliphatic carbocycles.